The Bertz CT molecular complexity index is 838. The molecule has 0 aliphatic rings. The molecule has 0 N–H and O–H groups in total. The third kappa shape index (κ3) is 7.49. The summed E-state index contributed by atoms with van der Waals surface area (Å²) in [5, 5.41) is 0. The molecule has 0 saturated carbocycles. The lowest BCUT2D eigenvalue weighted by atomic mass is 10.1. The number of rotatable bonds is 6. The van der Waals surface area contributed by atoms with Gasteiger partial charge in [0.05, 0.1) is 24.5 Å². The lowest BCUT2D eigenvalue weighted by Crippen LogP contribution is -1.90. The van der Waals surface area contributed by atoms with Crippen LogP contribution in [0, 0.1) is 0 Å². The van der Waals surface area contributed by atoms with E-state index in [0.717, 1.165) is 11.1 Å². The van der Waals surface area contributed by atoms with Crippen molar-refractivity contribution in [3.05, 3.63) is 59.7 Å². The normalized spacial score (nSPS) is 8.31. The maximum absolute atomic E-state index is 9.93. The first-order valence-electron chi connectivity index (χ1n) is 7.15. The number of hydrogen-bond donors (Lipinski definition) is 0. The van der Waals surface area contributed by atoms with Crippen molar-refractivity contribution in [2.24, 2.45) is 20.0 Å². The van der Waals surface area contributed by atoms with Gasteiger partial charge in [-0.3, -0.25) is 0 Å². The molecule has 0 saturated heterocycles. The van der Waals surface area contributed by atoms with Gasteiger partial charge in [-0.15, -0.1) is 0 Å². The highest BCUT2D eigenvalue weighted by Crippen LogP contribution is 2.17. The molecule has 0 fully saturated rings. The van der Waals surface area contributed by atoms with Crippen molar-refractivity contribution in [1.29, 1.82) is 0 Å². The van der Waals surface area contributed by atoms with Crippen LogP contribution in [0.2, 0.25) is 0 Å². The second-order valence-electron chi connectivity index (χ2n) is 4.51. The Morgan fingerprint density at radius 1 is 0.577 bits per heavy atom. The van der Waals surface area contributed by atoms with Gasteiger partial charge in [0.25, 0.3) is 0 Å². The van der Waals surface area contributed by atoms with E-state index in [1.807, 2.05) is 24.3 Å². The van der Waals surface area contributed by atoms with E-state index in [9.17, 15) is 19.2 Å². The molecular weight excluding hydrogens is 336 g/mol. The number of benzene rings is 2. The molecule has 2 aromatic carbocycles. The zero-order valence-electron chi connectivity index (χ0n) is 13.5. The molecular formula is C18H12N4O4. The molecule has 0 heterocycles. The first kappa shape index (κ1) is 20.0. The van der Waals surface area contributed by atoms with Gasteiger partial charge in [-0.2, -0.15) is 9.98 Å². The topological polar surface area (TPSA) is 118 Å². The van der Waals surface area contributed by atoms with Crippen molar-refractivity contribution >= 4 is 35.7 Å². The van der Waals surface area contributed by atoms with Crippen LogP contribution in [-0.2, 0) is 32.3 Å². The van der Waals surface area contributed by atoms with Gasteiger partial charge in [-0.25, -0.2) is 29.2 Å². The van der Waals surface area contributed by atoms with E-state index in [4.69, 9.17) is 0 Å². The minimum Gasteiger partial charge on any atom is -0.211 e. The third-order valence-corrected chi connectivity index (χ3v) is 2.95. The number of hydrogen-bond acceptors (Lipinski definition) is 8. The Kier molecular flexibility index (Phi) is 9.53. The van der Waals surface area contributed by atoms with Crippen LogP contribution >= 0.6 is 0 Å². The summed E-state index contributed by atoms with van der Waals surface area (Å²) in [5.41, 5.74) is 2.70. The molecule has 26 heavy (non-hydrogen) atoms. The standard InChI is InChI=1S/C10H8N2O2.C8H4N2O2/c13-7-11-5-9-3-1-2-4-10(9)6-12-8-14;11-5-9-7-1-2-8(4-3-7)10-6-12/h1-4H,5-6H2;1-4H. The molecule has 0 radical (unpaired) electrons. The van der Waals surface area contributed by atoms with E-state index in [-0.39, 0.29) is 13.1 Å². The monoisotopic (exact) mass is 348 g/mol. The molecule has 128 valence electrons. The Balaban J connectivity index is 0.000000263. The van der Waals surface area contributed by atoms with Gasteiger partial charge in [0, 0.05) is 0 Å². The summed E-state index contributed by atoms with van der Waals surface area (Å²) in [6, 6.07) is 13.6. The highest BCUT2D eigenvalue weighted by atomic mass is 16.1. The minimum atomic E-state index is 0.272. The van der Waals surface area contributed by atoms with Gasteiger partial charge >= 0.3 is 0 Å². The van der Waals surface area contributed by atoms with E-state index < -0.39 is 0 Å². The fourth-order valence-corrected chi connectivity index (χ4v) is 1.81. The van der Waals surface area contributed by atoms with Crippen LogP contribution < -0.4 is 0 Å². The van der Waals surface area contributed by atoms with Gasteiger partial charge in [-0.1, -0.05) is 24.3 Å². The SMILES string of the molecule is O=C=NCc1ccccc1CN=C=O.O=C=Nc1ccc(N=C=O)cc1. The van der Waals surface area contributed by atoms with E-state index in [2.05, 4.69) is 20.0 Å². The summed E-state index contributed by atoms with van der Waals surface area (Å²) in [5.74, 6) is 0. The molecule has 0 bridgehead atoms. The van der Waals surface area contributed by atoms with Crippen molar-refractivity contribution in [2.45, 2.75) is 13.1 Å². The summed E-state index contributed by atoms with van der Waals surface area (Å²) in [7, 11) is 0. The highest BCUT2D eigenvalue weighted by molar-refractivity contribution is 5.55. The van der Waals surface area contributed by atoms with Crippen LogP contribution in [-0.4, -0.2) is 24.3 Å². The van der Waals surface area contributed by atoms with E-state index in [1.165, 1.54) is 24.3 Å². The quantitative estimate of drug-likeness (QED) is 0.589. The Hall–Kier alpha value is -4.04. The molecule has 2 rings (SSSR count). The van der Waals surface area contributed by atoms with Crippen molar-refractivity contribution in [3.63, 3.8) is 0 Å². The number of isocyanates is 4. The van der Waals surface area contributed by atoms with Crippen molar-refractivity contribution < 1.29 is 19.2 Å². The zero-order valence-corrected chi connectivity index (χ0v) is 13.5. The second kappa shape index (κ2) is 12.4. The van der Waals surface area contributed by atoms with Crippen LogP contribution in [0.3, 0.4) is 0 Å². The molecule has 0 aliphatic carbocycles. The smallest absolute Gasteiger partial charge is 0.211 e. The molecule has 8 heteroatoms. The first-order valence-corrected chi connectivity index (χ1v) is 7.15. The van der Waals surface area contributed by atoms with Gasteiger partial charge in [0.2, 0.25) is 24.3 Å². The maximum Gasteiger partial charge on any atom is 0.240 e. The predicted octanol–water partition coefficient (Wildman–Crippen LogP) is 2.98. The molecule has 0 spiro atoms. The van der Waals surface area contributed by atoms with Crippen LogP contribution in [0.15, 0.2) is 68.5 Å². The first-order chi connectivity index (χ1) is 12.7. The lowest BCUT2D eigenvalue weighted by molar-refractivity contribution is 0.561. The van der Waals surface area contributed by atoms with E-state index in [1.54, 1.807) is 24.3 Å². The third-order valence-electron chi connectivity index (χ3n) is 2.95. The molecule has 2 aromatic rings. The molecule has 8 nitrogen and oxygen atoms in total. The van der Waals surface area contributed by atoms with Gasteiger partial charge in [-0.05, 0) is 35.4 Å². The molecule has 0 aliphatic heterocycles. The van der Waals surface area contributed by atoms with Crippen molar-refractivity contribution in [1.82, 2.24) is 0 Å². The fourth-order valence-electron chi connectivity index (χ4n) is 1.81. The molecule has 0 aromatic heterocycles. The largest absolute Gasteiger partial charge is 0.240 e. The Morgan fingerprint density at radius 3 is 1.27 bits per heavy atom. The summed E-state index contributed by atoms with van der Waals surface area (Å²) in [6.07, 6.45) is 5.74. The van der Waals surface area contributed by atoms with Gasteiger partial charge in [0.15, 0.2) is 0 Å². The molecule has 0 atom stereocenters. The van der Waals surface area contributed by atoms with Crippen LogP contribution in [0.25, 0.3) is 0 Å². The van der Waals surface area contributed by atoms with Crippen molar-refractivity contribution in [3.8, 4) is 0 Å². The second-order valence-corrected chi connectivity index (χ2v) is 4.51. The van der Waals surface area contributed by atoms with Crippen molar-refractivity contribution in [2.75, 3.05) is 0 Å². The molecule has 0 amide bonds. The van der Waals surface area contributed by atoms with E-state index >= 15 is 0 Å². The summed E-state index contributed by atoms with van der Waals surface area (Å²) < 4.78 is 0. The van der Waals surface area contributed by atoms with Crippen LogP contribution in [0.1, 0.15) is 11.1 Å². The number of carbonyl (C=O) groups excluding carboxylic acids is 4. The zero-order chi connectivity index (χ0) is 19.0. The van der Waals surface area contributed by atoms with Gasteiger partial charge < -0.3 is 0 Å². The Labute approximate surface area is 148 Å². The minimum absolute atomic E-state index is 0.272. The summed E-state index contributed by atoms with van der Waals surface area (Å²) in [6.45, 7) is 0.544. The Morgan fingerprint density at radius 2 is 0.962 bits per heavy atom. The molecule has 0 unspecified atom stereocenters. The average Bonchev–Trinajstić information content (AvgIpc) is 2.68. The number of aliphatic imine (C=N–C) groups is 4. The number of nitrogens with zero attached hydrogens (tertiary/aromatic N) is 4. The van der Waals surface area contributed by atoms with Crippen LogP contribution in [0.5, 0.6) is 0 Å². The summed E-state index contributed by atoms with van der Waals surface area (Å²) >= 11 is 0. The van der Waals surface area contributed by atoms with Crippen LogP contribution in [0.4, 0.5) is 11.4 Å². The lowest BCUT2D eigenvalue weighted by Gasteiger charge is -2.01. The van der Waals surface area contributed by atoms with E-state index in [0.29, 0.717) is 11.4 Å². The predicted molar refractivity (Wildman–Crippen MR) is 92.1 cm³/mol. The maximum atomic E-state index is 9.93. The highest BCUT2D eigenvalue weighted by Gasteiger charge is 1.99. The van der Waals surface area contributed by atoms with Gasteiger partial charge in [0.1, 0.15) is 0 Å². The fraction of sp³-hybridized carbons (Fsp3) is 0.111. The average molecular weight is 348 g/mol. The summed E-state index contributed by atoms with van der Waals surface area (Å²) in [4.78, 5) is 53.1.